The van der Waals surface area contributed by atoms with Crippen molar-refractivity contribution in [3.63, 3.8) is 0 Å². The number of fused-ring (bicyclic) bond motifs is 1. The zero-order chi connectivity index (χ0) is 6.97. The van der Waals surface area contributed by atoms with Gasteiger partial charge in [0, 0.05) is 12.1 Å². The predicted molar refractivity (Wildman–Crippen MR) is 40.0 cm³/mol. The van der Waals surface area contributed by atoms with Crippen LogP contribution in [0, 0.1) is 0 Å². The summed E-state index contributed by atoms with van der Waals surface area (Å²) in [7, 11) is 0. The Kier molecular flexibility index (Phi) is 1.66. The van der Waals surface area contributed by atoms with Gasteiger partial charge < -0.3 is 4.74 Å². The van der Waals surface area contributed by atoms with E-state index in [1.807, 2.05) is 0 Å². The molecule has 2 atom stereocenters. The molecule has 2 heterocycles. The van der Waals surface area contributed by atoms with Gasteiger partial charge in [-0.15, -0.1) is 0 Å². The number of morpholine rings is 1. The quantitative estimate of drug-likeness (QED) is 0.496. The van der Waals surface area contributed by atoms with Crippen molar-refractivity contribution in [2.24, 2.45) is 0 Å². The molecule has 10 heavy (non-hydrogen) atoms. The largest absolute Gasteiger partial charge is 0.378 e. The molecule has 0 amide bonds. The van der Waals surface area contributed by atoms with Crippen LogP contribution in [0.4, 0.5) is 0 Å². The molecule has 2 saturated heterocycles. The number of ether oxygens (including phenoxy) is 1. The summed E-state index contributed by atoms with van der Waals surface area (Å²) in [5.74, 6) is 0. The van der Waals surface area contributed by atoms with E-state index >= 15 is 0 Å². The maximum atomic E-state index is 5.45. The summed E-state index contributed by atoms with van der Waals surface area (Å²) in [6.45, 7) is 5.48. The molecule has 2 aliphatic rings. The normalized spacial score (nSPS) is 41.7. The fourth-order valence-corrected chi connectivity index (χ4v) is 2.09. The van der Waals surface area contributed by atoms with Gasteiger partial charge in [0.05, 0.1) is 13.2 Å². The van der Waals surface area contributed by atoms with Crippen molar-refractivity contribution in [2.75, 3.05) is 19.8 Å². The molecule has 2 aliphatic heterocycles. The van der Waals surface area contributed by atoms with Crippen molar-refractivity contribution in [3.8, 4) is 0 Å². The van der Waals surface area contributed by atoms with Crippen molar-refractivity contribution >= 4 is 0 Å². The van der Waals surface area contributed by atoms with Gasteiger partial charge in [-0.25, -0.2) is 0 Å². The predicted octanol–water partition coefficient (Wildman–Crippen LogP) is 0.869. The minimum Gasteiger partial charge on any atom is -0.378 e. The average Bonchev–Trinajstić information content (AvgIpc) is 2.36. The summed E-state index contributed by atoms with van der Waals surface area (Å²) < 4.78 is 5.45. The lowest BCUT2D eigenvalue weighted by atomic mass is 10.2. The molecule has 0 spiro atoms. The lowest BCUT2D eigenvalue weighted by Crippen LogP contribution is -2.47. The molecule has 2 rings (SSSR count). The summed E-state index contributed by atoms with van der Waals surface area (Å²) in [6, 6.07) is 1.42. The molecule has 0 aromatic carbocycles. The van der Waals surface area contributed by atoms with Crippen LogP contribution >= 0.6 is 0 Å². The van der Waals surface area contributed by atoms with E-state index in [-0.39, 0.29) is 0 Å². The highest BCUT2D eigenvalue weighted by atomic mass is 16.5. The Labute approximate surface area is 62.2 Å². The Morgan fingerprint density at radius 3 is 3.10 bits per heavy atom. The van der Waals surface area contributed by atoms with E-state index in [2.05, 4.69) is 11.8 Å². The first kappa shape index (κ1) is 6.62. The van der Waals surface area contributed by atoms with Gasteiger partial charge in [0.2, 0.25) is 0 Å². The molecule has 2 unspecified atom stereocenters. The second-order valence-corrected chi connectivity index (χ2v) is 3.42. The molecular weight excluding hydrogens is 126 g/mol. The van der Waals surface area contributed by atoms with Crippen molar-refractivity contribution in [2.45, 2.75) is 31.8 Å². The van der Waals surface area contributed by atoms with Crippen LogP contribution in [0.25, 0.3) is 0 Å². The first-order chi connectivity index (χ1) is 4.88. The third kappa shape index (κ3) is 0.956. The first-order valence-corrected chi connectivity index (χ1v) is 4.21. The van der Waals surface area contributed by atoms with Gasteiger partial charge in [-0.1, -0.05) is 0 Å². The van der Waals surface area contributed by atoms with Gasteiger partial charge in [0.25, 0.3) is 0 Å². The van der Waals surface area contributed by atoms with E-state index in [4.69, 9.17) is 4.74 Å². The summed E-state index contributed by atoms with van der Waals surface area (Å²) in [5.41, 5.74) is 0. The van der Waals surface area contributed by atoms with Gasteiger partial charge in [0.15, 0.2) is 0 Å². The van der Waals surface area contributed by atoms with Crippen LogP contribution in [0.5, 0.6) is 0 Å². The Morgan fingerprint density at radius 1 is 1.40 bits per heavy atom. The van der Waals surface area contributed by atoms with E-state index in [0.717, 1.165) is 19.3 Å². The van der Waals surface area contributed by atoms with Crippen LogP contribution in [0.3, 0.4) is 0 Å². The Bertz CT molecular complexity index is 126. The van der Waals surface area contributed by atoms with Crippen LogP contribution in [-0.4, -0.2) is 36.7 Å². The highest BCUT2D eigenvalue weighted by Crippen LogP contribution is 2.23. The molecule has 0 N–H and O–H groups in total. The molecular formula is C8H15NO. The highest BCUT2D eigenvalue weighted by Gasteiger charge is 2.31. The number of hydrogen-bond donors (Lipinski definition) is 0. The summed E-state index contributed by atoms with van der Waals surface area (Å²) in [4.78, 5) is 2.59. The van der Waals surface area contributed by atoms with E-state index in [1.165, 1.54) is 19.4 Å². The van der Waals surface area contributed by atoms with Crippen molar-refractivity contribution in [3.05, 3.63) is 0 Å². The number of rotatable bonds is 0. The second kappa shape index (κ2) is 2.51. The molecule has 0 aliphatic carbocycles. The topological polar surface area (TPSA) is 12.5 Å². The standard InChI is InChI=1S/C8H15NO/c1-7-5-10-6-8-3-2-4-9(7)8/h7-8H,2-6H2,1H3. The molecule has 0 saturated carbocycles. The number of nitrogens with zero attached hydrogens (tertiary/aromatic N) is 1. The molecule has 0 aromatic rings. The van der Waals surface area contributed by atoms with Crippen LogP contribution in [0.2, 0.25) is 0 Å². The molecule has 2 fully saturated rings. The zero-order valence-corrected chi connectivity index (χ0v) is 6.55. The van der Waals surface area contributed by atoms with Crippen LogP contribution in [0.1, 0.15) is 19.8 Å². The fraction of sp³-hybridized carbons (Fsp3) is 1.00. The van der Waals surface area contributed by atoms with Crippen molar-refractivity contribution < 1.29 is 4.74 Å². The highest BCUT2D eigenvalue weighted by molar-refractivity contribution is 4.85. The average molecular weight is 141 g/mol. The zero-order valence-electron chi connectivity index (χ0n) is 6.55. The Morgan fingerprint density at radius 2 is 2.30 bits per heavy atom. The van der Waals surface area contributed by atoms with Crippen LogP contribution in [-0.2, 0) is 4.74 Å². The second-order valence-electron chi connectivity index (χ2n) is 3.42. The lowest BCUT2D eigenvalue weighted by Gasteiger charge is -2.35. The van der Waals surface area contributed by atoms with Gasteiger partial charge in [-0.3, -0.25) is 4.90 Å². The van der Waals surface area contributed by atoms with Gasteiger partial charge in [-0.05, 0) is 26.3 Å². The van der Waals surface area contributed by atoms with E-state index < -0.39 is 0 Å². The summed E-state index contributed by atoms with van der Waals surface area (Å²) in [5, 5.41) is 0. The van der Waals surface area contributed by atoms with Crippen LogP contribution < -0.4 is 0 Å². The minimum atomic E-state index is 0.668. The monoisotopic (exact) mass is 141 g/mol. The van der Waals surface area contributed by atoms with Crippen LogP contribution in [0.15, 0.2) is 0 Å². The molecule has 0 aromatic heterocycles. The fourth-order valence-electron chi connectivity index (χ4n) is 2.09. The Balaban J connectivity index is 2.03. The van der Waals surface area contributed by atoms with E-state index in [9.17, 15) is 0 Å². The van der Waals surface area contributed by atoms with Crippen molar-refractivity contribution in [1.82, 2.24) is 4.90 Å². The summed E-state index contributed by atoms with van der Waals surface area (Å²) >= 11 is 0. The maximum absolute atomic E-state index is 5.45. The third-order valence-electron chi connectivity index (χ3n) is 2.66. The molecule has 0 radical (unpaired) electrons. The smallest absolute Gasteiger partial charge is 0.0622 e. The third-order valence-corrected chi connectivity index (χ3v) is 2.66. The maximum Gasteiger partial charge on any atom is 0.0622 e. The molecule has 2 heteroatoms. The molecule has 0 bridgehead atoms. The van der Waals surface area contributed by atoms with Gasteiger partial charge in [-0.2, -0.15) is 0 Å². The van der Waals surface area contributed by atoms with Crippen molar-refractivity contribution in [1.29, 1.82) is 0 Å². The van der Waals surface area contributed by atoms with E-state index in [1.54, 1.807) is 0 Å². The Hall–Kier alpha value is -0.0800. The summed E-state index contributed by atoms with van der Waals surface area (Å²) in [6.07, 6.45) is 2.72. The lowest BCUT2D eigenvalue weighted by molar-refractivity contribution is -0.0231. The first-order valence-electron chi connectivity index (χ1n) is 4.21. The molecule has 2 nitrogen and oxygen atoms in total. The van der Waals surface area contributed by atoms with Gasteiger partial charge in [0.1, 0.15) is 0 Å². The number of hydrogen-bond acceptors (Lipinski definition) is 2. The van der Waals surface area contributed by atoms with E-state index in [0.29, 0.717) is 6.04 Å². The SMILES string of the molecule is CC1COCC2CCCN12. The minimum absolute atomic E-state index is 0.668. The van der Waals surface area contributed by atoms with Gasteiger partial charge >= 0.3 is 0 Å². The molecule has 58 valence electrons.